The average molecular weight is 205 g/mol. The van der Waals surface area contributed by atoms with E-state index in [-0.39, 0.29) is 17.9 Å². The second kappa shape index (κ2) is 5.30. The second-order valence-electron chi connectivity index (χ2n) is 2.61. The number of carboxylic acid groups (broad SMARTS) is 1. The van der Waals surface area contributed by atoms with Gasteiger partial charge in [0.15, 0.2) is 0 Å². The largest absolute Gasteiger partial charge is 0.479 e. The van der Waals surface area contributed by atoms with Gasteiger partial charge in [0.1, 0.15) is 6.10 Å². The highest BCUT2D eigenvalue weighted by Crippen LogP contribution is 2.06. The molecule has 0 bridgehead atoms. The molecule has 0 aromatic carbocycles. The van der Waals surface area contributed by atoms with E-state index in [1.807, 2.05) is 0 Å². The Hall–Kier alpha value is -1.47. The normalized spacial score (nSPS) is 17.5. The zero-order valence-corrected chi connectivity index (χ0v) is 7.51. The zero-order chi connectivity index (χ0) is 11.3. The zero-order valence-electron chi connectivity index (χ0n) is 7.51. The van der Waals surface area contributed by atoms with Crippen molar-refractivity contribution in [3.05, 3.63) is 0 Å². The van der Waals surface area contributed by atoms with Gasteiger partial charge in [-0.3, -0.25) is 14.8 Å². The maximum Gasteiger partial charge on any atom is 0.332 e. The third-order valence-corrected chi connectivity index (χ3v) is 1.38. The highest BCUT2D eigenvalue weighted by molar-refractivity contribution is 6.00. The lowest BCUT2D eigenvalue weighted by Crippen LogP contribution is -2.24. The number of carbonyl (C=O) groups is 3. The van der Waals surface area contributed by atoms with Gasteiger partial charge < -0.3 is 10.2 Å². The summed E-state index contributed by atoms with van der Waals surface area (Å²) in [7, 11) is 0. The van der Waals surface area contributed by atoms with Gasteiger partial charge in [-0.2, -0.15) is 5.06 Å². The maximum absolute atomic E-state index is 10.2. The molecule has 1 aliphatic heterocycles. The number of rotatable bonds is 1. The standard InChI is InChI=1S/C4H5NO3.C3H6O3/c6-3-1-2-4(7)5(3)8;1-2(4)3(5)6/h8H,1-2H2;2,4H,1H3,(H,5,6). The molecule has 1 unspecified atom stereocenters. The molecule has 14 heavy (non-hydrogen) atoms. The first-order chi connectivity index (χ1) is 6.36. The fraction of sp³-hybridized carbons (Fsp3) is 0.571. The molecule has 0 aromatic rings. The van der Waals surface area contributed by atoms with Crippen molar-refractivity contribution in [2.75, 3.05) is 0 Å². The molecule has 1 rings (SSSR count). The molecule has 0 spiro atoms. The number of hydrogen-bond donors (Lipinski definition) is 3. The molecule has 0 aromatic heterocycles. The van der Waals surface area contributed by atoms with E-state index in [2.05, 4.69) is 0 Å². The number of amides is 2. The SMILES string of the molecule is CC(O)C(=O)O.O=C1CCC(=O)N1O. The van der Waals surface area contributed by atoms with E-state index in [4.69, 9.17) is 15.4 Å². The Balaban J connectivity index is 0.000000255. The molecule has 0 radical (unpaired) electrons. The van der Waals surface area contributed by atoms with Crippen molar-refractivity contribution in [1.29, 1.82) is 0 Å². The monoisotopic (exact) mass is 205 g/mol. The van der Waals surface area contributed by atoms with E-state index in [0.717, 1.165) is 0 Å². The number of aliphatic hydroxyl groups excluding tert-OH is 1. The summed E-state index contributed by atoms with van der Waals surface area (Å²) >= 11 is 0. The Labute approximate surface area is 79.5 Å². The Morgan fingerprint density at radius 2 is 1.64 bits per heavy atom. The molecule has 1 fully saturated rings. The first-order valence-electron chi connectivity index (χ1n) is 3.81. The minimum absolute atomic E-state index is 0.148. The van der Waals surface area contributed by atoms with Crippen molar-refractivity contribution < 1.29 is 29.8 Å². The van der Waals surface area contributed by atoms with Gasteiger partial charge in [0.05, 0.1) is 0 Å². The van der Waals surface area contributed by atoms with E-state index < -0.39 is 23.9 Å². The Morgan fingerprint density at radius 3 is 1.71 bits per heavy atom. The number of aliphatic carboxylic acids is 1. The third kappa shape index (κ3) is 3.97. The van der Waals surface area contributed by atoms with E-state index in [0.29, 0.717) is 0 Å². The van der Waals surface area contributed by atoms with Crippen LogP contribution in [0.4, 0.5) is 0 Å². The third-order valence-electron chi connectivity index (χ3n) is 1.38. The number of carbonyl (C=O) groups excluding carboxylic acids is 2. The minimum atomic E-state index is -1.23. The van der Waals surface area contributed by atoms with Crippen LogP contribution in [0.25, 0.3) is 0 Å². The van der Waals surface area contributed by atoms with Gasteiger partial charge in [-0.1, -0.05) is 0 Å². The predicted octanol–water partition coefficient (Wildman–Crippen LogP) is -1.02. The van der Waals surface area contributed by atoms with Crippen LogP contribution in [0.1, 0.15) is 19.8 Å². The molecule has 1 heterocycles. The molecule has 7 nitrogen and oxygen atoms in total. The van der Waals surface area contributed by atoms with Gasteiger partial charge in [0, 0.05) is 12.8 Å². The van der Waals surface area contributed by atoms with Crippen LogP contribution in [0.15, 0.2) is 0 Å². The van der Waals surface area contributed by atoms with Crippen LogP contribution in [0.3, 0.4) is 0 Å². The van der Waals surface area contributed by atoms with Crippen molar-refractivity contribution in [1.82, 2.24) is 5.06 Å². The topological polar surface area (TPSA) is 115 Å². The van der Waals surface area contributed by atoms with Crippen molar-refractivity contribution in [3.63, 3.8) is 0 Å². The molecule has 80 valence electrons. The summed E-state index contributed by atoms with van der Waals surface area (Å²) in [5.74, 6) is -2.19. The van der Waals surface area contributed by atoms with Gasteiger partial charge in [0.2, 0.25) is 0 Å². The highest BCUT2D eigenvalue weighted by Gasteiger charge is 2.26. The lowest BCUT2D eigenvalue weighted by molar-refractivity contribution is -0.171. The lowest BCUT2D eigenvalue weighted by atomic mass is 10.4. The molecule has 1 saturated heterocycles. The fourth-order valence-corrected chi connectivity index (χ4v) is 0.565. The van der Waals surface area contributed by atoms with Gasteiger partial charge in [-0.25, -0.2) is 4.79 Å². The predicted molar refractivity (Wildman–Crippen MR) is 42.2 cm³/mol. The van der Waals surface area contributed by atoms with Crippen LogP contribution in [0.2, 0.25) is 0 Å². The Kier molecular flexibility index (Phi) is 4.74. The molecular formula is C7H11NO6. The van der Waals surface area contributed by atoms with Crippen LogP contribution in [0, 0.1) is 0 Å². The molecule has 2 amide bonds. The van der Waals surface area contributed by atoms with Crippen molar-refractivity contribution in [2.45, 2.75) is 25.9 Å². The average Bonchev–Trinajstić information content (AvgIpc) is 2.37. The molecule has 1 atom stereocenters. The van der Waals surface area contributed by atoms with Crippen molar-refractivity contribution >= 4 is 17.8 Å². The number of imide groups is 1. The number of nitrogens with zero attached hydrogens (tertiary/aromatic N) is 1. The van der Waals surface area contributed by atoms with E-state index in [1.165, 1.54) is 6.92 Å². The Morgan fingerprint density at radius 1 is 1.36 bits per heavy atom. The van der Waals surface area contributed by atoms with Crippen LogP contribution in [0.5, 0.6) is 0 Å². The van der Waals surface area contributed by atoms with Crippen LogP contribution < -0.4 is 0 Å². The van der Waals surface area contributed by atoms with E-state index >= 15 is 0 Å². The molecule has 7 heteroatoms. The van der Waals surface area contributed by atoms with Gasteiger partial charge in [0.25, 0.3) is 11.8 Å². The molecule has 3 N–H and O–H groups in total. The minimum Gasteiger partial charge on any atom is -0.479 e. The smallest absolute Gasteiger partial charge is 0.332 e. The molecular weight excluding hydrogens is 194 g/mol. The Bertz CT molecular complexity index is 233. The first kappa shape index (κ1) is 12.5. The van der Waals surface area contributed by atoms with Crippen LogP contribution in [-0.4, -0.2) is 44.4 Å². The van der Waals surface area contributed by atoms with Crippen LogP contribution in [-0.2, 0) is 14.4 Å². The lowest BCUT2D eigenvalue weighted by Gasteiger charge is -1.98. The molecule has 0 aliphatic carbocycles. The molecule has 0 saturated carbocycles. The van der Waals surface area contributed by atoms with E-state index in [1.54, 1.807) is 0 Å². The first-order valence-corrected chi connectivity index (χ1v) is 3.81. The van der Waals surface area contributed by atoms with E-state index in [9.17, 15) is 14.4 Å². The number of hydroxylamine groups is 2. The quantitative estimate of drug-likeness (QED) is 0.372. The number of carboxylic acids is 1. The summed E-state index contributed by atoms with van der Waals surface area (Å²) < 4.78 is 0. The van der Waals surface area contributed by atoms with Gasteiger partial charge >= 0.3 is 5.97 Å². The van der Waals surface area contributed by atoms with Gasteiger partial charge in [-0.05, 0) is 6.92 Å². The highest BCUT2D eigenvalue weighted by atomic mass is 16.5. The van der Waals surface area contributed by atoms with Crippen LogP contribution >= 0.6 is 0 Å². The summed E-state index contributed by atoms with van der Waals surface area (Å²) in [4.78, 5) is 29.9. The second-order valence-corrected chi connectivity index (χ2v) is 2.61. The summed E-state index contributed by atoms with van der Waals surface area (Å²) in [6.07, 6.45) is -0.935. The van der Waals surface area contributed by atoms with Crippen molar-refractivity contribution in [2.24, 2.45) is 0 Å². The van der Waals surface area contributed by atoms with Crippen molar-refractivity contribution in [3.8, 4) is 0 Å². The summed E-state index contributed by atoms with van der Waals surface area (Å²) in [5, 5.41) is 24.3. The fourth-order valence-electron chi connectivity index (χ4n) is 0.565. The number of aliphatic hydroxyl groups is 1. The van der Waals surface area contributed by atoms with Gasteiger partial charge in [-0.15, -0.1) is 0 Å². The maximum atomic E-state index is 10.2. The number of hydrogen-bond acceptors (Lipinski definition) is 5. The molecule has 1 aliphatic rings. The summed E-state index contributed by atoms with van der Waals surface area (Å²) in [5.41, 5.74) is 0. The summed E-state index contributed by atoms with van der Waals surface area (Å²) in [6.45, 7) is 1.20. The summed E-state index contributed by atoms with van der Waals surface area (Å²) in [6, 6.07) is 0.